The molecule has 6 heteroatoms. The molecular weight excluding hydrogens is 438 g/mol. The summed E-state index contributed by atoms with van der Waals surface area (Å²) in [6.45, 7) is 2.03. The number of fused-ring (bicyclic) bond motifs is 1. The van der Waals surface area contributed by atoms with Gasteiger partial charge in [0.15, 0.2) is 0 Å². The van der Waals surface area contributed by atoms with Crippen LogP contribution in [-0.2, 0) is 19.4 Å². The van der Waals surface area contributed by atoms with Gasteiger partial charge >= 0.3 is 0 Å². The van der Waals surface area contributed by atoms with Gasteiger partial charge in [-0.05, 0) is 81.5 Å². The molecule has 1 heterocycles. The summed E-state index contributed by atoms with van der Waals surface area (Å²) in [5.41, 5.74) is 3.95. The molecule has 2 aliphatic carbocycles. The van der Waals surface area contributed by atoms with Crippen molar-refractivity contribution in [2.24, 2.45) is 5.92 Å². The molecule has 2 aromatic rings. The summed E-state index contributed by atoms with van der Waals surface area (Å²) < 4.78 is 1.15. The molecule has 1 fully saturated rings. The lowest BCUT2D eigenvalue weighted by atomic mass is 9.86. The molecule has 0 spiro atoms. The Bertz CT molecular complexity index is 845. The van der Waals surface area contributed by atoms with E-state index >= 15 is 0 Å². The fourth-order valence-corrected chi connectivity index (χ4v) is 5.22. The van der Waals surface area contributed by atoms with Crippen molar-refractivity contribution in [3.05, 3.63) is 45.6 Å². The predicted molar refractivity (Wildman–Crippen MR) is 128 cm³/mol. The van der Waals surface area contributed by atoms with Crippen LogP contribution in [0.1, 0.15) is 55.3 Å². The first kappa shape index (κ1) is 21.6. The van der Waals surface area contributed by atoms with Crippen LogP contribution in [0.2, 0.25) is 0 Å². The van der Waals surface area contributed by atoms with E-state index in [-0.39, 0.29) is 0 Å². The molecule has 162 valence electrons. The highest BCUT2D eigenvalue weighted by atomic mass is 79.9. The highest BCUT2D eigenvalue weighted by Crippen LogP contribution is 2.30. The van der Waals surface area contributed by atoms with Gasteiger partial charge in [-0.2, -0.15) is 4.98 Å². The molecule has 0 unspecified atom stereocenters. The van der Waals surface area contributed by atoms with Gasteiger partial charge in [-0.3, -0.25) is 0 Å². The van der Waals surface area contributed by atoms with Crippen molar-refractivity contribution in [1.82, 2.24) is 15.3 Å². The Hall–Kier alpha value is -1.66. The van der Waals surface area contributed by atoms with E-state index in [2.05, 4.69) is 69.8 Å². The van der Waals surface area contributed by atoms with E-state index in [1.165, 1.54) is 55.3 Å². The van der Waals surface area contributed by atoms with Crippen LogP contribution < -0.4 is 15.5 Å². The summed E-state index contributed by atoms with van der Waals surface area (Å²) in [6, 6.07) is 9.03. The Balaban J connectivity index is 1.27. The number of halogens is 1. The molecule has 30 heavy (non-hydrogen) atoms. The Morgan fingerprint density at radius 2 is 1.87 bits per heavy atom. The van der Waals surface area contributed by atoms with Gasteiger partial charge in [0.2, 0.25) is 5.95 Å². The van der Waals surface area contributed by atoms with Crippen molar-refractivity contribution in [2.75, 3.05) is 30.9 Å². The molecule has 4 rings (SSSR count). The van der Waals surface area contributed by atoms with Crippen molar-refractivity contribution >= 4 is 27.7 Å². The van der Waals surface area contributed by atoms with Crippen molar-refractivity contribution in [1.29, 1.82) is 0 Å². The summed E-state index contributed by atoms with van der Waals surface area (Å²) in [5.74, 6) is 2.69. The number of aryl methyl sites for hydroxylation is 1. The predicted octanol–water partition coefficient (Wildman–Crippen LogP) is 4.94. The molecular formula is C24H34BrN5. The van der Waals surface area contributed by atoms with Crippen LogP contribution in [-0.4, -0.2) is 36.6 Å². The van der Waals surface area contributed by atoms with Gasteiger partial charge in [0.25, 0.3) is 0 Å². The van der Waals surface area contributed by atoms with E-state index < -0.39 is 0 Å². The molecule has 2 N–H and O–H groups in total. The molecule has 0 saturated heterocycles. The van der Waals surface area contributed by atoms with Gasteiger partial charge in [0.1, 0.15) is 5.82 Å². The first-order chi connectivity index (χ1) is 14.6. The zero-order chi connectivity index (χ0) is 20.9. The van der Waals surface area contributed by atoms with Crippen molar-refractivity contribution < 1.29 is 0 Å². The van der Waals surface area contributed by atoms with Gasteiger partial charge in [-0.1, -0.05) is 28.1 Å². The minimum atomic E-state index is 0.489. The number of rotatable bonds is 7. The number of nitrogens with one attached hydrogen (secondary N) is 2. The highest BCUT2D eigenvalue weighted by Gasteiger charge is 2.23. The van der Waals surface area contributed by atoms with E-state index in [0.29, 0.717) is 6.04 Å². The molecule has 0 bridgehead atoms. The van der Waals surface area contributed by atoms with Gasteiger partial charge in [-0.15, -0.1) is 0 Å². The second-order valence-electron chi connectivity index (χ2n) is 9.02. The lowest BCUT2D eigenvalue weighted by molar-refractivity contribution is 0.323. The summed E-state index contributed by atoms with van der Waals surface area (Å²) in [5, 5.41) is 7.31. The normalized spacial score (nSPS) is 21.2. The largest absolute Gasteiger partial charge is 0.362 e. The maximum absolute atomic E-state index is 4.89. The number of hydrogen-bond acceptors (Lipinski definition) is 5. The topological polar surface area (TPSA) is 53.1 Å². The molecule has 1 saturated carbocycles. The molecule has 0 aliphatic heterocycles. The first-order valence-corrected chi connectivity index (χ1v) is 12.2. The van der Waals surface area contributed by atoms with E-state index in [0.717, 1.165) is 48.1 Å². The quantitative estimate of drug-likeness (QED) is 0.598. The molecule has 2 aliphatic rings. The van der Waals surface area contributed by atoms with Crippen LogP contribution in [0.15, 0.2) is 28.7 Å². The third-order valence-corrected chi connectivity index (χ3v) is 6.91. The zero-order valence-electron chi connectivity index (χ0n) is 18.3. The highest BCUT2D eigenvalue weighted by molar-refractivity contribution is 9.10. The average molecular weight is 472 g/mol. The molecule has 0 amide bonds. The number of benzene rings is 1. The molecule has 0 atom stereocenters. The molecule has 1 aromatic heterocycles. The summed E-state index contributed by atoms with van der Waals surface area (Å²) >= 11 is 3.55. The third-order valence-electron chi connectivity index (χ3n) is 6.42. The summed E-state index contributed by atoms with van der Waals surface area (Å²) in [4.78, 5) is 11.9. The Kier molecular flexibility index (Phi) is 7.26. The minimum absolute atomic E-state index is 0.489. The van der Waals surface area contributed by atoms with Gasteiger partial charge in [-0.25, -0.2) is 4.98 Å². The van der Waals surface area contributed by atoms with Crippen molar-refractivity contribution in [3.8, 4) is 0 Å². The number of aromatic nitrogens is 2. The number of nitrogens with zero attached hydrogens (tertiary/aromatic N) is 3. The smallest absolute Gasteiger partial charge is 0.225 e. The van der Waals surface area contributed by atoms with Crippen LogP contribution in [0.25, 0.3) is 0 Å². The lowest BCUT2D eigenvalue weighted by Crippen LogP contribution is -2.32. The van der Waals surface area contributed by atoms with E-state index in [4.69, 9.17) is 9.97 Å². The second kappa shape index (κ2) is 10.1. The van der Waals surface area contributed by atoms with Gasteiger partial charge < -0.3 is 15.5 Å². The van der Waals surface area contributed by atoms with Crippen molar-refractivity contribution in [3.63, 3.8) is 0 Å². The second-order valence-corrected chi connectivity index (χ2v) is 9.94. The standard InChI is InChI=1S/C24H34BrN5/c1-30(2)23-21-8-3-4-9-22(21)28-24(29-23)27-20-12-10-17(11-13-20)15-26-16-18-6-5-7-19(25)14-18/h5-7,14,17,20,26H,3-4,8-13,15-16H2,1-2H3,(H,27,28,29)/t17-,20+. The Morgan fingerprint density at radius 3 is 2.63 bits per heavy atom. The minimum Gasteiger partial charge on any atom is -0.362 e. The average Bonchev–Trinajstić information content (AvgIpc) is 2.74. The monoisotopic (exact) mass is 471 g/mol. The number of hydrogen-bond donors (Lipinski definition) is 2. The summed E-state index contributed by atoms with van der Waals surface area (Å²) in [6.07, 6.45) is 9.61. The SMILES string of the molecule is CN(C)c1nc(N[C@H]2CC[C@@H](CNCc3cccc(Br)c3)CC2)nc2c1CCCC2. The fraction of sp³-hybridized carbons (Fsp3) is 0.583. The van der Waals surface area contributed by atoms with Crippen LogP contribution >= 0.6 is 15.9 Å². The lowest BCUT2D eigenvalue weighted by Gasteiger charge is -2.30. The molecule has 0 radical (unpaired) electrons. The maximum Gasteiger partial charge on any atom is 0.225 e. The van der Waals surface area contributed by atoms with E-state index in [1.807, 2.05) is 0 Å². The van der Waals surface area contributed by atoms with Gasteiger partial charge in [0.05, 0.1) is 5.69 Å². The molecule has 1 aromatic carbocycles. The van der Waals surface area contributed by atoms with Crippen LogP contribution in [0.5, 0.6) is 0 Å². The van der Waals surface area contributed by atoms with Crippen LogP contribution in [0, 0.1) is 5.92 Å². The Morgan fingerprint density at radius 1 is 1.07 bits per heavy atom. The number of anilines is 2. The maximum atomic E-state index is 4.89. The third kappa shape index (κ3) is 5.52. The Labute approximate surface area is 189 Å². The van der Waals surface area contributed by atoms with E-state index in [9.17, 15) is 0 Å². The van der Waals surface area contributed by atoms with Gasteiger partial charge in [0, 0.05) is 36.7 Å². The first-order valence-electron chi connectivity index (χ1n) is 11.4. The van der Waals surface area contributed by atoms with Crippen molar-refractivity contribution in [2.45, 2.75) is 64.0 Å². The molecule has 5 nitrogen and oxygen atoms in total. The van der Waals surface area contributed by atoms with Crippen LogP contribution in [0.4, 0.5) is 11.8 Å². The zero-order valence-corrected chi connectivity index (χ0v) is 19.8. The fourth-order valence-electron chi connectivity index (χ4n) is 4.77. The van der Waals surface area contributed by atoms with Crippen LogP contribution in [0.3, 0.4) is 0 Å². The summed E-state index contributed by atoms with van der Waals surface area (Å²) in [7, 11) is 4.18. The van der Waals surface area contributed by atoms with E-state index in [1.54, 1.807) is 0 Å².